The van der Waals surface area contributed by atoms with Crippen molar-refractivity contribution in [3.63, 3.8) is 0 Å². The molecule has 0 saturated carbocycles. The van der Waals surface area contributed by atoms with E-state index in [1.165, 1.54) is 17.3 Å². The van der Waals surface area contributed by atoms with Gasteiger partial charge in [0.1, 0.15) is 5.03 Å². The maximum absolute atomic E-state index is 5.60. The molecule has 4 nitrogen and oxygen atoms in total. The molecule has 0 fully saturated rings. The molecule has 0 aliphatic rings. The van der Waals surface area contributed by atoms with Gasteiger partial charge in [-0.15, -0.1) is 0 Å². The Bertz CT molecular complexity index is 688. The quantitative estimate of drug-likeness (QED) is 0.739. The number of nitrogens with one attached hydrogen (secondary N) is 1. The largest absolute Gasteiger partial charge is 0.397 e. The molecule has 2 heterocycles. The third-order valence-corrected chi connectivity index (χ3v) is 3.41. The van der Waals surface area contributed by atoms with E-state index in [9.17, 15) is 0 Å². The molecule has 0 atom stereocenters. The third kappa shape index (κ3) is 2.17. The second-order valence-electron chi connectivity index (χ2n) is 4.09. The monoisotopic (exact) mass is 256 g/mol. The Balaban J connectivity index is 1.92. The van der Waals surface area contributed by atoms with Gasteiger partial charge in [0.15, 0.2) is 5.16 Å². The van der Waals surface area contributed by atoms with Crippen LogP contribution in [0.3, 0.4) is 0 Å². The summed E-state index contributed by atoms with van der Waals surface area (Å²) in [5.41, 5.74) is 9.50. The maximum Gasteiger partial charge on any atom is 0.172 e. The minimum Gasteiger partial charge on any atom is -0.397 e. The van der Waals surface area contributed by atoms with Crippen molar-refractivity contribution < 1.29 is 0 Å². The van der Waals surface area contributed by atoms with Gasteiger partial charge in [-0.3, -0.25) is 0 Å². The van der Waals surface area contributed by atoms with Crippen LogP contribution in [-0.4, -0.2) is 15.0 Å². The molecular formula is C13H12N4S. The van der Waals surface area contributed by atoms with Gasteiger partial charge in [-0.05, 0) is 48.5 Å². The highest BCUT2D eigenvalue weighted by Gasteiger charge is 2.05. The van der Waals surface area contributed by atoms with Crippen LogP contribution in [0.2, 0.25) is 0 Å². The van der Waals surface area contributed by atoms with E-state index in [0.29, 0.717) is 5.69 Å². The second kappa shape index (κ2) is 4.34. The Morgan fingerprint density at radius 1 is 1.22 bits per heavy atom. The number of hydrogen-bond acceptors (Lipinski definition) is 4. The van der Waals surface area contributed by atoms with Crippen LogP contribution >= 0.6 is 11.8 Å². The zero-order valence-corrected chi connectivity index (χ0v) is 10.7. The van der Waals surface area contributed by atoms with E-state index in [1.54, 1.807) is 6.20 Å². The summed E-state index contributed by atoms with van der Waals surface area (Å²) in [6, 6.07) is 9.88. The van der Waals surface area contributed by atoms with E-state index >= 15 is 0 Å². The summed E-state index contributed by atoms with van der Waals surface area (Å²) in [6.45, 7) is 2.06. The van der Waals surface area contributed by atoms with Crippen molar-refractivity contribution in [3.05, 3.63) is 42.1 Å². The van der Waals surface area contributed by atoms with Gasteiger partial charge in [0, 0.05) is 0 Å². The number of nitrogens with zero attached hydrogens (tertiary/aromatic N) is 2. The van der Waals surface area contributed by atoms with E-state index in [0.717, 1.165) is 21.2 Å². The first kappa shape index (κ1) is 11.1. The van der Waals surface area contributed by atoms with Gasteiger partial charge in [0.05, 0.1) is 22.9 Å². The molecule has 3 N–H and O–H groups in total. The summed E-state index contributed by atoms with van der Waals surface area (Å²) in [5, 5.41) is 1.72. The maximum atomic E-state index is 5.60. The zero-order valence-electron chi connectivity index (χ0n) is 9.84. The number of nitrogens with two attached hydrogens (primary N) is 1. The van der Waals surface area contributed by atoms with Gasteiger partial charge < -0.3 is 10.7 Å². The number of pyridine rings is 1. The number of H-pyrrole nitrogens is 1. The molecule has 2 aromatic heterocycles. The molecule has 0 radical (unpaired) electrons. The first-order valence-corrected chi connectivity index (χ1v) is 6.38. The lowest BCUT2D eigenvalue weighted by Crippen LogP contribution is -1.86. The van der Waals surface area contributed by atoms with Crippen LogP contribution < -0.4 is 5.73 Å². The molecule has 0 unspecified atom stereocenters. The summed E-state index contributed by atoms with van der Waals surface area (Å²) in [7, 11) is 0. The van der Waals surface area contributed by atoms with E-state index in [4.69, 9.17) is 5.73 Å². The molecular weight excluding hydrogens is 244 g/mol. The summed E-state index contributed by atoms with van der Waals surface area (Å²) in [6.07, 6.45) is 1.65. The van der Waals surface area contributed by atoms with Gasteiger partial charge in [-0.1, -0.05) is 6.07 Å². The number of aromatic nitrogens is 3. The second-order valence-corrected chi connectivity index (χ2v) is 5.10. The van der Waals surface area contributed by atoms with Gasteiger partial charge >= 0.3 is 0 Å². The molecule has 0 saturated heterocycles. The molecule has 0 bridgehead atoms. The SMILES string of the molecule is Cc1ccc2nc(Sc3ccc(N)cn3)[nH]c2c1. The van der Waals surface area contributed by atoms with Crippen molar-refractivity contribution in [2.45, 2.75) is 17.1 Å². The predicted octanol–water partition coefficient (Wildman–Crippen LogP) is 3.00. The number of aromatic amines is 1. The van der Waals surface area contributed by atoms with Crippen molar-refractivity contribution >= 4 is 28.5 Å². The lowest BCUT2D eigenvalue weighted by molar-refractivity contribution is 1.06. The summed E-state index contributed by atoms with van der Waals surface area (Å²) in [4.78, 5) is 12.0. The van der Waals surface area contributed by atoms with Crippen LogP contribution in [0, 0.1) is 6.92 Å². The Hall–Kier alpha value is -2.01. The summed E-state index contributed by atoms with van der Waals surface area (Å²) < 4.78 is 0. The van der Waals surface area contributed by atoms with Crippen LogP contribution in [-0.2, 0) is 0 Å². The number of aryl methyl sites for hydroxylation is 1. The Labute approximate surface area is 109 Å². The van der Waals surface area contributed by atoms with Gasteiger partial charge in [-0.25, -0.2) is 9.97 Å². The number of fused-ring (bicyclic) bond motifs is 1. The van der Waals surface area contributed by atoms with E-state index in [1.807, 2.05) is 18.2 Å². The van der Waals surface area contributed by atoms with Crippen molar-refractivity contribution in [2.75, 3.05) is 5.73 Å². The smallest absolute Gasteiger partial charge is 0.172 e. The molecule has 18 heavy (non-hydrogen) atoms. The summed E-state index contributed by atoms with van der Waals surface area (Å²) in [5.74, 6) is 0. The molecule has 90 valence electrons. The van der Waals surface area contributed by atoms with Crippen molar-refractivity contribution in [2.24, 2.45) is 0 Å². The molecule has 3 rings (SSSR count). The molecule has 3 aromatic rings. The van der Waals surface area contributed by atoms with Crippen LogP contribution in [0.4, 0.5) is 5.69 Å². The fourth-order valence-electron chi connectivity index (χ4n) is 1.70. The fourth-order valence-corrected chi connectivity index (χ4v) is 2.44. The molecule has 0 amide bonds. The fraction of sp³-hybridized carbons (Fsp3) is 0.0769. The number of hydrogen-bond donors (Lipinski definition) is 2. The highest BCUT2D eigenvalue weighted by molar-refractivity contribution is 7.99. The molecule has 1 aromatic carbocycles. The number of nitrogen functional groups attached to an aromatic ring is 1. The number of imidazole rings is 1. The Morgan fingerprint density at radius 3 is 2.89 bits per heavy atom. The van der Waals surface area contributed by atoms with E-state index in [-0.39, 0.29) is 0 Å². The average Bonchev–Trinajstić information content (AvgIpc) is 2.73. The standard InChI is InChI=1S/C13H12N4S/c1-8-2-4-10-11(6-8)17-13(16-10)18-12-5-3-9(14)7-15-12/h2-7H,14H2,1H3,(H,16,17). The number of rotatable bonds is 2. The molecule has 5 heteroatoms. The lowest BCUT2D eigenvalue weighted by atomic mass is 10.2. The van der Waals surface area contributed by atoms with Gasteiger partial charge in [0.25, 0.3) is 0 Å². The van der Waals surface area contributed by atoms with Gasteiger partial charge in [-0.2, -0.15) is 0 Å². The van der Waals surface area contributed by atoms with Crippen LogP contribution in [0.25, 0.3) is 11.0 Å². The highest BCUT2D eigenvalue weighted by Crippen LogP contribution is 2.26. The normalized spacial score (nSPS) is 10.9. The third-order valence-electron chi connectivity index (χ3n) is 2.58. The Morgan fingerprint density at radius 2 is 2.11 bits per heavy atom. The van der Waals surface area contributed by atoms with Gasteiger partial charge in [0.2, 0.25) is 0 Å². The molecule has 0 aliphatic carbocycles. The first-order valence-electron chi connectivity index (χ1n) is 5.56. The van der Waals surface area contributed by atoms with Crippen LogP contribution in [0.1, 0.15) is 5.56 Å². The van der Waals surface area contributed by atoms with Crippen LogP contribution in [0.15, 0.2) is 46.7 Å². The van der Waals surface area contributed by atoms with Crippen molar-refractivity contribution in [3.8, 4) is 0 Å². The van der Waals surface area contributed by atoms with E-state index < -0.39 is 0 Å². The number of benzene rings is 1. The predicted molar refractivity (Wildman–Crippen MR) is 73.6 cm³/mol. The topological polar surface area (TPSA) is 67.6 Å². The van der Waals surface area contributed by atoms with Crippen molar-refractivity contribution in [1.82, 2.24) is 15.0 Å². The summed E-state index contributed by atoms with van der Waals surface area (Å²) >= 11 is 1.49. The molecule has 0 spiro atoms. The minimum atomic E-state index is 0.666. The van der Waals surface area contributed by atoms with Crippen LogP contribution in [0.5, 0.6) is 0 Å². The Kier molecular flexibility index (Phi) is 2.68. The zero-order chi connectivity index (χ0) is 12.5. The average molecular weight is 256 g/mol. The van der Waals surface area contributed by atoms with E-state index in [2.05, 4.69) is 34.0 Å². The minimum absolute atomic E-state index is 0.666. The molecule has 0 aliphatic heterocycles. The number of anilines is 1. The first-order chi connectivity index (χ1) is 8.70. The lowest BCUT2D eigenvalue weighted by Gasteiger charge is -1.96. The van der Waals surface area contributed by atoms with Crippen molar-refractivity contribution in [1.29, 1.82) is 0 Å². The highest BCUT2D eigenvalue weighted by atomic mass is 32.2.